The van der Waals surface area contributed by atoms with E-state index in [0.717, 1.165) is 0 Å². The molecule has 0 spiro atoms. The second kappa shape index (κ2) is 9.04. The van der Waals surface area contributed by atoms with E-state index in [-0.39, 0.29) is 22.2 Å². The first-order valence-corrected chi connectivity index (χ1v) is 8.11. The average molecular weight is 391 g/mol. The smallest absolute Gasteiger partial charge is 0.266 e. The first-order valence-electron chi connectivity index (χ1n) is 7.36. The van der Waals surface area contributed by atoms with Crippen molar-refractivity contribution in [1.29, 1.82) is 5.26 Å². The number of halogens is 3. The maximum absolute atomic E-state index is 12.9. The Balaban J connectivity index is 2.24. The fourth-order valence-corrected chi connectivity index (χ4v) is 2.60. The summed E-state index contributed by atoms with van der Waals surface area (Å²) in [5.74, 6) is -0.778. The van der Waals surface area contributed by atoms with E-state index in [9.17, 15) is 14.4 Å². The van der Waals surface area contributed by atoms with Crippen molar-refractivity contribution >= 4 is 40.9 Å². The highest BCUT2D eigenvalue weighted by atomic mass is 35.5. The second-order valence-electron chi connectivity index (χ2n) is 5.04. The minimum atomic E-state index is -0.640. The van der Waals surface area contributed by atoms with Gasteiger partial charge in [0.25, 0.3) is 5.91 Å². The average Bonchev–Trinajstić information content (AvgIpc) is 2.61. The summed E-state index contributed by atoms with van der Waals surface area (Å²) in [6, 6.07) is 10.0. The molecule has 0 fully saturated rings. The Labute approximate surface area is 160 Å². The summed E-state index contributed by atoms with van der Waals surface area (Å²) in [4.78, 5) is 12.2. The van der Waals surface area contributed by atoms with Gasteiger partial charge >= 0.3 is 0 Å². The highest BCUT2D eigenvalue weighted by molar-refractivity contribution is 6.37. The molecule has 0 atom stereocenters. The standard InChI is InChI=1S/C19H13Cl2FN2O2/c1-2-7-26-18-16(20)9-12(10-17(18)21)8-13(11-23)19(25)24-15-5-3-14(22)4-6-15/h2-6,8-10H,1,7H2,(H,24,25)/b13-8+. The molecule has 26 heavy (non-hydrogen) atoms. The Morgan fingerprint density at radius 1 is 1.27 bits per heavy atom. The Kier molecular flexibility index (Phi) is 6.79. The van der Waals surface area contributed by atoms with E-state index in [1.54, 1.807) is 6.08 Å². The van der Waals surface area contributed by atoms with Crippen LogP contribution in [0.25, 0.3) is 6.08 Å². The minimum absolute atomic E-state index is 0.166. The lowest BCUT2D eigenvalue weighted by atomic mass is 10.1. The molecule has 0 aromatic heterocycles. The topological polar surface area (TPSA) is 62.1 Å². The number of benzene rings is 2. The summed E-state index contributed by atoms with van der Waals surface area (Å²) < 4.78 is 18.3. The largest absolute Gasteiger partial charge is 0.486 e. The molecule has 132 valence electrons. The lowest BCUT2D eigenvalue weighted by Crippen LogP contribution is -2.13. The van der Waals surface area contributed by atoms with Crippen molar-refractivity contribution in [3.63, 3.8) is 0 Å². The van der Waals surface area contributed by atoms with E-state index in [2.05, 4.69) is 11.9 Å². The van der Waals surface area contributed by atoms with Gasteiger partial charge < -0.3 is 10.1 Å². The molecule has 0 radical (unpaired) electrons. The zero-order valence-corrected chi connectivity index (χ0v) is 14.9. The monoisotopic (exact) mass is 390 g/mol. The number of hydrogen-bond donors (Lipinski definition) is 1. The molecular formula is C19H13Cl2FN2O2. The van der Waals surface area contributed by atoms with E-state index in [0.29, 0.717) is 17.0 Å². The molecule has 0 saturated carbocycles. The molecule has 0 heterocycles. The molecule has 0 saturated heterocycles. The Hall–Kier alpha value is -2.81. The number of nitrogens with zero attached hydrogens (tertiary/aromatic N) is 1. The fraction of sp³-hybridized carbons (Fsp3) is 0.0526. The molecule has 0 aliphatic rings. The predicted molar refractivity (Wildman–Crippen MR) is 101 cm³/mol. The van der Waals surface area contributed by atoms with Crippen molar-refractivity contribution in [2.24, 2.45) is 0 Å². The number of anilines is 1. The first-order chi connectivity index (χ1) is 12.4. The van der Waals surface area contributed by atoms with Gasteiger partial charge in [-0.2, -0.15) is 5.26 Å². The van der Waals surface area contributed by atoms with E-state index >= 15 is 0 Å². The molecule has 4 nitrogen and oxygen atoms in total. The molecular weight excluding hydrogens is 378 g/mol. The van der Waals surface area contributed by atoms with Crippen molar-refractivity contribution in [1.82, 2.24) is 0 Å². The maximum atomic E-state index is 12.9. The van der Waals surface area contributed by atoms with Gasteiger partial charge in [-0.05, 0) is 48.0 Å². The van der Waals surface area contributed by atoms with Gasteiger partial charge in [0.15, 0.2) is 5.75 Å². The van der Waals surface area contributed by atoms with E-state index in [1.807, 2.05) is 6.07 Å². The molecule has 2 aromatic rings. The van der Waals surface area contributed by atoms with Gasteiger partial charge in [-0.15, -0.1) is 0 Å². The fourth-order valence-electron chi connectivity index (χ4n) is 1.99. The van der Waals surface area contributed by atoms with Crippen LogP contribution < -0.4 is 10.1 Å². The first kappa shape index (κ1) is 19.5. The van der Waals surface area contributed by atoms with Gasteiger partial charge in [-0.25, -0.2) is 4.39 Å². The summed E-state index contributed by atoms with van der Waals surface area (Å²) >= 11 is 12.3. The molecule has 0 unspecified atom stereocenters. The van der Waals surface area contributed by atoms with Gasteiger partial charge in [0, 0.05) is 5.69 Å². The Morgan fingerprint density at radius 2 is 1.88 bits per heavy atom. The zero-order valence-electron chi connectivity index (χ0n) is 13.4. The van der Waals surface area contributed by atoms with Crippen molar-refractivity contribution in [2.45, 2.75) is 0 Å². The van der Waals surface area contributed by atoms with Crippen LogP contribution in [0.4, 0.5) is 10.1 Å². The third-order valence-corrected chi connectivity index (χ3v) is 3.71. The molecule has 0 aliphatic heterocycles. The quantitative estimate of drug-likeness (QED) is 0.416. The van der Waals surface area contributed by atoms with Gasteiger partial charge in [-0.3, -0.25) is 4.79 Å². The molecule has 2 rings (SSSR count). The second-order valence-corrected chi connectivity index (χ2v) is 5.86. The van der Waals surface area contributed by atoms with Gasteiger partial charge in [0.1, 0.15) is 24.1 Å². The SMILES string of the molecule is C=CCOc1c(Cl)cc(/C=C(\C#N)C(=O)Nc2ccc(F)cc2)cc1Cl. The lowest BCUT2D eigenvalue weighted by Gasteiger charge is -2.09. The summed E-state index contributed by atoms with van der Waals surface area (Å²) in [7, 11) is 0. The number of ether oxygens (including phenoxy) is 1. The van der Waals surface area contributed by atoms with Crippen LogP contribution in [0.3, 0.4) is 0 Å². The number of amides is 1. The van der Waals surface area contributed by atoms with Gasteiger partial charge in [0.2, 0.25) is 0 Å². The van der Waals surface area contributed by atoms with E-state index < -0.39 is 11.7 Å². The van der Waals surface area contributed by atoms with Crippen molar-refractivity contribution in [3.8, 4) is 11.8 Å². The van der Waals surface area contributed by atoms with Crippen molar-refractivity contribution in [2.75, 3.05) is 11.9 Å². The number of rotatable bonds is 6. The van der Waals surface area contributed by atoms with E-state index in [1.165, 1.54) is 42.5 Å². The Bertz CT molecular complexity index is 880. The molecule has 0 bridgehead atoms. The normalized spacial score (nSPS) is 10.8. The number of hydrogen-bond acceptors (Lipinski definition) is 3. The highest BCUT2D eigenvalue weighted by Gasteiger charge is 2.13. The number of carbonyl (C=O) groups is 1. The highest BCUT2D eigenvalue weighted by Crippen LogP contribution is 2.35. The van der Waals surface area contributed by atoms with Gasteiger partial charge in [-0.1, -0.05) is 35.9 Å². The van der Waals surface area contributed by atoms with Crippen LogP contribution in [0.15, 0.2) is 54.6 Å². The Morgan fingerprint density at radius 3 is 2.42 bits per heavy atom. The maximum Gasteiger partial charge on any atom is 0.266 e. The predicted octanol–water partition coefficient (Wildman–Crippen LogP) is 5.24. The van der Waals surface area contributed by atoms with Crippen LogP contribution in [-0.2, 0) is 4.79 Å². The molecule has 0 aliphatic carbocycles. The lowest BCUT2D eigenvalue weighted by molar-refractivity contribution is -0.112. The van der Waals surface area contributed by atoms with Crippen LogP contribution >= 0.6 is 23.2 Å². The third kappa shape index (κ3) is 5.09. The van der Waals surface area contributed by atoms with Crippen LogP contribution in [0.2, 0.25) is 10.0 Å². The third-order valence-electron chi connectivity index (χ3n) is 3.14. The van der Waals surface area contributed by atoms with Crippen LogP contribution in [-0.4, -0.2) is 12.5 Å². The van der Waals surface area contributed by atoms with Crippen LogP contribution in [0.1, 0.15) is 5.56 Å². The van der Waals surface area contributed by atoms with Crippen molar-refractivity contribution < 1.29 is 13.9 Å². The number of nitrogens with one attached hydrogen (secondary N) is 1. The molecule has 1 amide bonds. The van der Waals surface area contributed by atoms with Gasteiger partial charge in [0.05, 0.1) is 10.0 Å². The summed E-state index contributed by atoms with van der Waals surface area (Å²) in [6.07, 6.45) is 2.89. The summed E-state index contributed by atoms with van der Waals surface area (Å²) in [5, 5.41) is 12.2. The number of nitriles is 1. The summed E-state index contributed by atoms with van der Waals surface area (Å²) in [6.45, 7) is 3.77. The number of carbonyl (C=O) groups excluding carboxylic acids is 1. The molecule has 7 heteroatoms. The van der Waals surface area contributed by atoms with Crippen LogP contribution in [0, 0.1) is 17.1 Å². The molecule has 1 N–H and O–H groups in total. The molecule has 2 aromatic carbocycles. The van der Waals surface area contributed by atoms with Crippen molar-refractivity contribution in [3.05, 3.63) is 76.1 Å². The summed E-state index contributed by atoms with van der Waals surface area (Å²) in [5.41, 5.74) is 0.653. The minimum Gasteiger partial charge on any atom is -0.486 e. The van der Waals surface area contributed by atoms with E-state index in [4.69, 9.17) is 27.9 Å². The zero-order chi connectivity index (χ0) is 19.1. The van der Waals surface area contributed by atoms with Crippen LogP contribution in [0.5, 0.6) is 5.75 Å².